The average Bonchev–Trinajstić information content (AvgIpc) is 2.73. The first-order valence-corrected chi connectivity index (χ1v) is 9.72. The van der Waals surface area contributed by atoms with Gasteiger partial charge in [-0.3, -0.25) is 4.90 Å². The second-order valence-electron chi connectivity index (χ2n) is 8.03. The quantitative estimate of drug-likeness (QED) is 0.825. The standard InChI is InChI=1S/C23H27NO3/c1-27-20-16-22(24(21(25)26)17-18-8-4-2-5-9-18)12-14-23(20,15-13-22)19-10-6-3-7-11-19/h2-11,20H,12-17H2,1H3,(H,25,26). The molecule has 2 bridgehead atoms. The highest BCUT2D eigenvalue weighted by molar-refractivity contribution is 5.66. The van der Waals surface area contributed by atoms with Crippen LogP contribution < -0.4 is 0 Å². The molecule has 1 amide bonds. The molecule has 4 nitrogen and oxygen atoms in total. The van der Waals surface area contributed by atoms with Gasteiger partial charge in [0.15, 0.2) is 0 Å². The lowest BCUT2D eigenvalue weighted by molar-refractivity contribution is -0.108. The molecule has 0 heterocycles. The predicted molar refractivity (Wildman–Crippen MR) is 105 cm³/mol. The second-order valence-corrected chi connectivity index (χ2v) is 8.03. The van der Waals surface area contributed by atoms with Crippen molar-refractivity contribution in [2.45, 2.75) is 55.7 Å². The zero-order valence-electron chi connectivity index (χ0n) is 15.8. The number of hydrogen-bond acceptors (Lipinski definition) is 2. The van der Waals surface area contributed by atoms with Crippen molar-refractivity contribution in [3.8, 4) is 0 Å². The topological polar surface area (TPSA) is 49.8 Å². The molecular formula is C23H27NO3. The highest BCUT2D eigenvalue weighted by Crippen LogP contribution is 2.56. The first kappa shape index (κ1) is 18.1. The Morgan fingerprint density at radius 1 is 1.04 bits per heavy atom. The summed E-state index contributed by atoms with van der Waals surface area (Å²) in [6, 6.07) is 20.5. The summed E-state index contributed by atoms with van der Waals surface area (Å²) in [6.45, 7) is 0.435. The molecule has 3 aliphatic rings. The molecule has 0 spiro atoms. The van der Waals surface area contributed by atoms with Crippen LogP contribution >= 0.6 is 0 Å². The van der Waals surface area contributed by atoms with Gasteiger partial charge in [0, 0.05) is 24.6 Å². The lowest BCUT2D eigenvalue weighted by Crippen LogP contribution is -2.64. The number of fused-ring (bicyclic) bond motifs is 3. The smallest absolute Gasteiger partial charge is 0.408 e. The van der Waals surface area contributed by atoms with E-state index in [0.717, 1.165) is 37.7 Å². The molecular weight excluding hydrogens is 338 g/mol. The maximum Gasteiger partial charge on any atom is 0.408 e. The SMILES string of the molecule is COC1CC2(N(Cc3ccccc3)C(=O)O)CCC1(c1ccccc1)CC2. The summed E-state index contributed by atoms with van der Waals surface area (Å²) in [6.07, 6.45) is 3.68. The molecule has 27 heavy (non-hydrogen) atoms. The molecule has 1 unspecified atom stereocenters. The van der Waals surface area contributed by atoms with Gasteiger partial charge >= 0.3 is 6.09 Å². The number of carboxylic acid groups (broad SMARTS) is 1. The van der Waals surface area contributed by atoms with Crippen LogP contribution in [-0.2, 0) is 16.7 Å². The number of nitrogens with zero attached hydrogens (tertiary/aromatic N) is 1. The monoisotopic (exact) mass is 365 g/mol. The third kappa shape index (κ3) is 3.02. The molecule has 2 aromatic rings. The Morgan fingerprint density at radius 3 is 2.19 bits per heavy atom. The molecule has 0 aliphatic heterocycles. The minimum atomic E-state index is -0.831. The molecule has 142 valence electrons. The van der Waals surface area contributed by atoms with E-state index in [1.165, 1.54) is 5.56 Å². The Balaban J connectivity index is 1.64. The minimum Gasteiger partial charge on any atom is -0.465 e. The molecule has 5 rings (SSSR count). The molecule has 3 saturated carbocycles. The van der Waals surface area contributed by atoms with E-state index in [4.69, 9.17) is 4.74 Å². The summed E-state index contributed by atoms with van der Waals surface area (Å²) in [7, 11) is 1.77. The van der Waals surface area contributed by atoms with Crippen molar-refractivity contribution < 1.29 is 14.6 Å². The van der Waals surface area contributed by atoms with Crippen molar-refractivity contribution in [3.05, 3.63) is 71.8 Å². The largest absolute Gasteiger partial charge is 0.465 e. The molecule has 3 aliphatic carbocycles. The third-order valence-corrected chi connectivity index (χ3v) is 6.87. The van der Waals surface area contributed by atoms with E-state index in [0.29, 0.717) is 6.54 Å². The van der Waals surface area contributed by atoms with Gasteiger partial charge in [-0.05, 0) is 43.2 Å². The fourth-order valence-electron chi connectivity index (χ4n) is 5.37. The van der Waals surface area contributed by atoms with Gasteiger partial charge in [0.05, 0.1) is 6.10 Å². The Hall–Kier alpha value is -2.33. The van der Waals surface area contributed by atoms with Gasteiger partial charge in [-0.1, -0.05) is 60.7 Å². The van der Waals surface area contributed by atoms with E-state index in [2.05, 4.69) is 24.3 Å². The van der Waals surface area contributed by atoms with E-state index in [9.17, 15) is 9.90 Å². The van der Waals surface area contributed by atoms with Gasteiger partial charge in [-0.15, -0.1) is 0 Å². The number of ether oxygens (including phenoxy) is 1. The van der Waals surface area contributed by atoms with Crippen LogP contribution in [0.4, 0.5) is 4.79 Å². The van der Waals surface area contributed by atoms with E-state index in [1.54, 1.807) is 12.0 Å². The van der Waals surface area contributed by atoms with E-state index >= 15 is 0 Å². The molecule has 4 heteroatoms. The van der Waals surface area contributed by atoms with Gasteiger partial charge in [-0.25, -0.2) is 4.79 Å². The Labute approximate surface area is 160 Å². The van der Waals surface area contributed by atoms with Crippen molar-refractivity contribution in [1.82, 2.24) is 4.90 Å². The molecule has 0 radical (unpaired) electrons. The summed E-state index contributed by atoms with van der Waals surface area (Å²) in [5, 5.41) is 10.0. The van der Waals surface area contributed by atoms with Crippen molar-refractivity contribution >= 4 is 6.09 Å². The van der Waals surface area contributed by atoms with Gasteiger partial charge in [0.2, 0.25) is 0 Å². The zero-order valence-corrected chi connectivity index (χ0v) is 15.8. The summed E-state index contributed by atoms with van der Waals surface area (Å²) in [5.41, 5.74) is 2.04. The number of amides is 1. The van der Waals surface area contributed by atoms with Crippen molar-refractivity contribution in [2.24, 2.45) is 0 Å². The number of benzene rings is 2. The fourth-order valence-corrected chi connectivity index (χ4v) is 5.37. The van der Waals surface area contributed by atoms with Crippen LogP contribution in [0, 0.1) is 0 Å². The maximum atomic E-state index is 12.2. The molecule has 1 N–H and O–H groups in total. The summed E-state index contributed by atoms with van der Waals surface area (Å²) >= 11 is 0. The highest BCUT2D eigenvalue weighted by Gasteiger charge is 2.58. The summed E-state index contributed by atoms with van der Waals surface area (Å²) in [4.78, 5) is 13.9. The number of rotatable bonds is 5. The van der Waals surface area contributed by atoms with E-state index in [1.807, 2.05) is 36.4 Å². The van der Waals surface area contributed by atoms with Gasteiger partial charge in [-0.2, -0.15) is 0 Å². The van der Waals surface area contributed by atoms with Crippen LogP contribution in [0.1, 0.15) is 43.2 Å². The minimum absolute atomic E-state index is 0.00861. The maximum absolute atomic E-state index is 12.2. The van der Waals surface area contributed by atoms with Crippen LogP contribution in [0.2, 0.25) is 0 Å². The predicted octanol–water partition coefficient (Wildman–Crippen LogP) is 4.84. The van der Waals surface area contributed by atoms with Gasteiger partial charge < -0.3 is 9.84 Å². The molecule has 1 atom stereocenters. The van der Waals surface area contributed by atoms with Crippen molar-refractivity contribution in [2.75, 3.05) is 7.11 Å². The first-order valence-electron chi connectivity index (χ1n) is 9.72. The van der Waals surface area contributed by atoms with Crippen LogP contribution in [0.25, 0.3) is 0 Å². The molecule has 3 fully saturated rings. The number of hydrogen-bond donors (Lipinski definition) is 1. The average molecular weight is 365 g/mol. The second kappa shape index (κ2) is 7.01. The fraction of sp³-hybridized carbons (Fsp3) is 0.435. The lowest BCUT2D eigenvalue weighted by Gasteiger charge is -2.60. The zero-order chi connectivity index (χ0) is 18.9. The molecule has 2 aromatic carbocycles. The normalized spacial score (nSPS) is 29.4. The van der Waals surface area contributed by atoms with E-state index < -0.39 is 6.09 Å². The van der Waals surface area contributed by atoms with Crippen molar-refractivity contribution in [3.63, 3.8) is 0 Å². The van der Waals surface area contributed by atoms with E-state index in [-0.39, 0.29) is 17.1 Å². The first-order chi connectivity index (χ1) is 13.1. The highest BCUT2D eigenvalue weighted by atomic mass is 16.5. The van der Waals surface area contributed by atoms with Gasteiger partial charge in [0.1, 0.15) is 0 Å². The van der Waals surface area contributed by atoms with Crippen LogP contribution in [-0.4, -0.2) is 34.9 Å². The Kier molecular flexibility index (Phi) is 4.68. The van der Waals surface area contributed by atoms with Crippen LogP contribution in [0.3, 0.4) is 0 Å². The Bertz CT molecular complexity index is 782. The summed E-state index contributed by atoms with van der Waals surface area (Å²) < 4.78 is 5.97. The summed E-state index contributed by atoms with van der Waals surface area (Å²) in [5.74, 6) is 0. The van der Waals surface area contributed by atoms with Crippen LogP contribution in [0.5, 0.6) is 0 Å². The lowest BCUT2D eigenvalue weighted by atomic mass is 9.53. The third-order valence-electron chi connectivity index (χ3n) is 6.87. The number of carbonyl (C=O) groups is 1. The van der Waals surface area contributed by atoms with Crippen LogP contribution in [0.15, 0.2) is 60.7 Å². The van der Waals surface area contributed by atoms with Crippen molar-refractivity contribution in [1.29, 1.82) is 0 Å². The molecule has 0 aromatic heterocycles. The Morgan fingerprint density at radius 2 is 1.63 bits per heavy atom. The number of methoxy groups -OCH3 is 1. The van der Waals surface area contributed by atoms with Gasteiger partial charge in [0.25, 0.3) is 0 Å². The molecule has 0 saturated heterocycles.